The molecule has 0 saturated carbocycles. The minimum Gasteiger partial charge on any atom is -0.490 e. The summed E-state index contributed by atoms with van der Waals surface area (Å²) in [5.74, 6) is 0.379. The minimum atomic E-state index is -4.71. The third-order valence-corrected chi connectivity index (χ3v) is 5.38. The van der Waals surface area contributed by atoms with Gasteiger partial charge < -0.3 is 9.47 Å². The summed E-state index contributed by atoms with van der Waals surface area (Å²) in [4.78, 5) is 10.3. The molecule has 12 heteroatoms. The zero-order valence-corrected chi connectivity index (χ0v) is 20.3. The van der Waals surface area contributed by atoms with Crippen LogP contribution in [0, 0.1) is 19.5 Å². The van der Waals surface area contributed by atoms with Crippen LogP contribution in [0.25, 0.3) is 0 Å². The van der Waals surface area contributed by atoms with Gasteiger partial charge >= 0.3 is 6.18 Å². The number of hydrogen-bond acceptors (Lipinski definition) is 6. The molecule has 0 bridgehead atoms. The molecule has 1 N–H and O–H groups in total. The molecule has 184 valence electrons. The number of benzene rings is 3. The van der Waals surface area contributed by atoms with E-state index in [0.29, 0.717) is 38.9 Å². The Hall–Kier alpha value is -3.42. The molecule has 0 radical (unpaired) electrons. The molecule has 3 rings (SSSR count). The highest BCUT2D eigenvalue weighted by Gasteiger charge is 2.33. The number of hydrogen-bond donors (Lipinski definition) is 1. The third kappa shape index (κ3) is 6.81. The van der Waals surface area contributed by atoms with Crippen molar-refractivity contribution in [3.8, 4) is 11.5 Å². The van der Waals surface area contributed by atoms with Crippen molar-refractivity contribution in [3.63, 3.8) is 0 Å². The number of anilines is 1. The van der Waals surface area contributed by atoms with Crippen molar-refractivity contribution in [1.29, 1.82) is 0 Å². The van der Waals surface area contributed by atoms with E-state index in [1.54, 1.807) is 37.3 Å². The first-order chi connectivity index (χ1) is 16.6. The molecule has 0 amide bonds. The van der Waals surface area contributed by atoms with E-state index in [4.69, 9.17) is 9.47 Å². The van der Waals surface area contributed by atoms with Crippen LogP contribution in [0.15, 0.2) is 59.7 Å². The lowest BCUT2D eigenvalue weighted by atomic mass is 10.1. The third-order valence-electron chi connectivity index (χ3n) is 4.58. The fourth-order valence-corrected chi connectivity index (χ4v) is 3.74. The standard InChI is InChI=1S/C23H18F4IN3O4/c1-2-34-21-10-14(9-18(28)22(21)35-13-15-5-3-4-6-17(15)24)12-29-30-19-8-7-16(23(25,26)27)11-20(19)31(32)33/h3-12,30H,2,13H2,1H3/b29-12-. The summed E-state index contributed by atoms with van der Waals surface area (Å²) in [6, 6.07) is 11.6. The Morgan fingerprint density at radius 3 is 2.54 bits per heavy atom. The SMILES string of the molecule is CCOc1cc(/C=N\Nc2ccc(C(F)(F)F)cc2[N+](=O)[O-])cc(I)c1OCc1ccccc1F. The smallest absolute Gasteiger partial charge is 0.416 e. The molecule has 7 nitrogen and oxygen atoms in total. The van der Waals surface area contributed by atoms with E-state index in [0.717, 1.165) is 12.1 Å². The number of halogens is 5. The van der Waals surface area contributed by atoms with Gasteiger partial charge in [0.15, 0.2) is 11.5 Å². The first-order valence-electron chi connectivity index (χ1n) is 10.1. The van der Waals surface area contributed by atoms with E-state index < -0.39 is 28.2 Å². The molecule has 0 aliphatic carbocycles. The molecule has 35 heavy (non-hydrogen) atoms. The molecule has 3 aromatic carbocycles. The van der Waals surface area contributed by atoms with E-state index >= 15 is 0 Å². The maximum Gasteiger partial charge on any atom is 0.416 e. The predicted octanol–water partition coefficient (Wildman–Crippen LogP) is 6.78. The van der Waals surface area contributed by atoms with Crippen LogP contribution in [0.4, 0.5) is 28.9 Å². The average Bonchev–Trinajstić information content (AvgIpc) is 2.79. The zero-order chi connectivity index (χ0) is 25.6. The van der Waals surface area contributed by atoms with Crippen molar-refractivity contribution in [1.82, 2.24) is 0 Å². The van der Waals surface area contributed by atoms with Gasteiger partial charge in [0.05, 0.1) is 26.9 Å². The van der Waals surface area contributed by atoms with Crippen molar-refractivity contribution in [2.45, 2.75) is 19.7 Å². The van der Waals surface area contributed by atoms with E-state index in [1.165, 1.54) is 12.3 Å². The zero-order valence-electron chi connectivity index (χ0n) is 18.1. The van der Waals surface area contributed by atoms with Crippen LogP contribution < -0.4 is 14.9 Å². The predicted molar refractivity (Wildman–Crippen MR) is 130 cm³/mol. The molecule has 0 aromatic heterocycles. The number of rotatable bonds is 9. The van der Waals surface area contributed by atoms with Crippen LogP contribution in [-0.2, 0) is 12.8 Å². The first kappa shape index (κ1) is 26.2. The van der Waals surface area contributed by atoms with Gasteiger partial charge in [-0.1, -0.05) is 18.2 Å². The summed E-state index contributed by atoms with van der Waals surface area (Å²) in [5, 5.41) is 15.1. The van der Waals surface area contributed by atoms with Crippen LogP contribution in [-0.4, -0.2) is 17.7 Å². The average molecular weight is 603 g/mol. The molecule has 0 aliphatic heterocycles. The van der Waals surface area contributed by atoms with Gasteiger partial charge in [0.2, 0.25) is 0 Å². The van der Waals surface area contributed by atoms with Gasteiger partial charge in [0, 0.05) is 11.6 Å². The summed E-state index contributed by atoms with van der Waals surface area (Å²) >= 11 is 2.01. The van der Waals surface area contributed by atoms with Gasteiger partial charge in [0.25, 0.3) is 5.69 Å². The van der Waals surface area contributed by atoms with Gasteiger partial charge in [-0.2, -0.15) is 18.3 Å². The van der Waals surface area contributed by atoms with E-state index in [2.05, 4.69) is 10.5 Å². The number of hydrazone groups is 1. The Morgan fingerprint density at radius 2 is 1.89 bits per heavy atom. The highest BCUT2D eigenvalue weighted by molar-refractivity contribution is 14.1. The van der Waals surface area contributed by atoms with Crippen molar-refractivity contribution < 1.29 is 32.0 Å². The monoisotopic (exact) mass is 603 g/mol. The van der Waals surface area contributed by atoms with Gasteiger partial charge in [0.1, 0.15) is 18.1 Å². The normalized spacial score (nSPS) is 11.5. The molecule has 0 unspecified atom stereocenters. The topological polar surface area (TPSA) is 86.0 Å². The minimum absolute atomic E-state index is 0.0185. The van der Waals surface area contributed by atoms with E-state index in [1.807, 2.05) is 22.6 Å². The number of nitro benzene ring substituents is 1. The molecular weight excluding hydrogens is 585 g/mol. The summed E-state index contributed by atoms with van der Waals surface area (Å²) in [6.45, 7) is 2.08. The highest BCUT2D eigenvalue weighted by atomic mass is 127. The largest absolute Gasteiger partial charge is 0.490 e. The molecule has 3 aromatic rings. The summed E-state index contributed by atoms with van der Waals surface area (Å²) in [7, 11) is 0. The first-order valence-corrected chi connectivity index (χ1v) is 11.1. The summed E-state index contributed by atoms with van der Waals surface area (Å²) in [5.41, 5.74) is 1.20. The molecule has 0 atom stereocenters. The molecule has 0 fully saturated rings. The number of nitro groups is 1. The molecule has 0 spiro atoms. The molecular formula is C23H18F4IN3O4. The summed E-state index contributed by atoms with van der Waals surface area (Å²) in [6.07, 6.45) is -3.39. The lowest BCUT2D eigenvalue weighted by Gasteiger charge is -2.15. The van der Waals surface area contributed by atoms with Crippen molar-refractivity contribution >= 4 is 40.2 Å². The van der Waals surface area contributed by atoms with Crippen LogP contribution in [0.1, 0.15) is 23.6 Å². The maximum absolute atomic E-state index is 13.9. The Morgan fingerprint density at radius 1 is 1.14 bits per heavy atom. The van der Waals surface area contributed by atoms with Crippen LogP contribution in [0.2, 0.25) is 0 Å². The number of nitrogens with zero attached hydrogens (tertiary/aromatic N) is 2. The Kier molecular flexibility index (Phi) is 8.48. The summed E-state index contributed by atoms with van der Waals surface area (Å²) < 4.78 is 64.6. The van der Waals surface area contributed by atoms with Crippen molar-refractivity contribution in [3.05, 3.63) is 90.8 Å². The lowest BCUT2D eigenvalue weighted by molar-refractivity contribution is -0.384. The van der Waals surface area contributed by atoms with E-state index in [9.17, 15) is 27.7 Å². The van der Waals surface area contributed by atoms with Gasteiger partial charge in [-0.25, -0.2) is 4.39 Å². The fraction of sp³-hybridized carbons (Fsp3) is 0.174. The second-order valence-electron chi connectivity index (χ2n) is 7.00. The van der Waals surface area contributed by atoms with Gasteiger partial charge in [-0.05, 0) is 65.4 Å². The van der Waals surface area contributed by atoms with Gasteiger partial charge in [-0.3, -0.25) is 15.5 Å². The Balaban J connectivity index is 1.81. The Bertz CT molecular complexity index is 1250. The second kappa shape index (κ2) is 11.3. The second-order valence-corrected chi connectivity index (χ2v) is 8.16. The highest BCUT2D eigenvalue weighted by Crippen LogP contribution is 2.36. The number of nitrogens with one attached hydrogen (secondary N) is 1. The van der Waals surface area contributed by atoms with Crippen LogP contribution >= 0.6 is 22.6 Å². The fourth-order valence-electron chi connectivity index (χ4n) is 2.96. The molecule has 0 aliphatic rings. The number of ether oxygens (including phenoxy) is 2. The molecule has 0 heterocycles. The lowest BCUT2D eigenvalue weighted by Crippen LogP contribution is -2.06. The van der Waals surface area contributed by atoms with Crippen molar-refractivity contribution in [2.24, 2.45) is 5.10 Å². The quantitative estimate of drug-likeness (QED) is 0.0959. The maximum atomic E-state index is 13.9. The number of alkyl halides is 3. The van der Waals surface area contributed by atoms with Crippen LogP contribution in [0.3, 0.4) is 0 Å². The molecule has 0 saturated heterocycles. The van der Waals surface area contributed by atoms with E-state index in [-0.39, 0.29) is 12.3 Å². The Labute approximate surface area is 211 Å². The van der Waals surface area contributed by atoms with Crippen molar-refractivity contribution in [2.75, 3.05) is 12.0 Å². The van der Waals surface area contributed by atoms with Gasteiger partial charge in [-0.15, -0.1) is 0 Å². The van der Waals surface area contributed by atoms with Crippen LogP contribution in [0.5, 0.6) is 11.5 Å².